The van der Waals surface area contributed by atoms with Crippen molar-refractivity contribution in [2.45, 2.75) is 51.1 Å². The fourth-order valence-electron chi connectivity index (χ4n) is 2.96. The molecule has 0 unspecified atom stereocenters. The first-order valence-electron chi connectivity index (χ1n) is 7.76. The van der Waals surface area contributed by atoms with Crippen LogP contribution in [0.1, 0.15) is 33.3 Å². The Bertz CT molecular complexity index is 737. The zero-order chi connectivity index (χ0) is 16.5. The zero-order valence-corrected chi connectivity index (χ0v) is 14.9. The van der Waals surface area contributed by atoms with Gasteiger partial charge in [-0.2, -0.15) is 0 Å². The molecule has 0 amide bonds. The molecule has 0 aliphatic heterocycles. The summed E-state index contributed by atoms with van der Waals surface area (Å²) < 4.78 is 23.5. The topological polar surface area (TPSA) is 53.2 Å². The van der Waals surface area contributed by atoms with Crippen molar-refractivity contribution >= 4 is 20.7 Å². The van der Waals surface area contributed by atoms with Crippen molar-refractivity contribution in [3.63, 3.8) is 0 Å². The number of nitrogens with zero attached hydrogens (tertiary/aromatic N) is 1. The van der Waals surface area contributed by atoms with E-state index in [1.54, 1.807) is 12.1 Å². The standard InChI is InChI=1S/C17H26N2O2S/c1-12(2)19(13(3)4)9-8-14-11-18-17-7-6-15(10-16(14)17)22(5,20)21/h6-7,10-13,18H,8-9H2,1-5H3. The van der Waals surface area contributed by atoms with E-state index in [2.05, 4.69) is 37.6 Å². The van der Waals surface area contributed by atoms with Crippen LogP contribution in [-0.4, -0.2) is 43.2 Å². The quantitative estimate of drug-likeness (QED) is 0.888. The molecule has 1 aromatic carbocycles. The van der Waals surface area contributed by atoms with Gasteiger partial charge in [0.15, 0.2) is 9.84 Å². The van der Waals surface area contributed by atoms with Gasteiger partial charge in [-0.15, -0.1) is 0 Å². The Labute approximate surface area is 133 Å². The first kappa shape index (κ1) is 17.0. The smallest absolute Gasteiger partial charge is 0.175 e. The van der Waals surface area contributed by atoms with Crippen molar-refractivity contribution in [2.24, 2.45) is 0 Å². The Morgan fingerprint density at radius 2 is 1.77 bits per heavy atom. The van der Waals surface area contributed by atoms with Crippen molar-refractivity contribution in [3.8, 4) is 0 Å². The lowest BCUT2D eigenvalue weighted by molar-refractivity contribution is 0.177. The van der Waals surface area contributed by atoms with Gasteiger partial charge in [0, 0.05) is 42.0 Å². The monoisotopic (exact) mass is 322 g/mol. The van der Waals surface area contributed by atoms with Gasteiger partial charge in [0.2, 0.25) is 0 Å². The van der Waals surface area contributed by atoms with Gasteiger partial charge in [0.25, 0.3) is 0 Å². The van der Waals surface area contributed by atoms with Crippen molar-refractivity contribution in [3.05, 3.63) is 30.0 Å². The number of aromatic nitrogens is 1. The van der Waals surface area contributed by atoms with E-state index in [4.69, 9.17) is 0 Å². The lowest BCUT2D eigenvalue weighted by atomic mass is 10.1. The molecule has 0 bridgehead atoms. The van der Waals surface area contributed by atoms with Crippen LogP contribution >= 0.6 is 0 Å². The summed E-state index contributed by atoms with van der Waals surface area (Å²) in [6.07, 6.45) is 4.15. The minimum atomic E-state index is -3.17. The Kier molecular flexibility index (Phi) is 4.97. The van der Waals surface area contributed by atoms with Crippen LogP contribution in [0.25, 0.3) is 10.9 Å². The van der Waals surface area contributed by atoms with Crippen LogP contribution in [0.2, 0.25) is 0 Å². The maximum atomic E-state index is 11.7. The molecule has 0 aliphatic rings. The van der Waals surface area contributed by atoms with Crippen LogP contribution in [0.5, 0.6) is 0 Å². The maximum Gasteiger partial charge on any atom is 0.175 e. The van der Waals surface area contributed by atoms with Gasteiger partial charge in [-0.1, -0.05) is 0 Å². The van der Waals surface area contributed by atoms with Crippen LogP contribution in [0, 0.1) is 0 Å². The lowest BCUT2D eigenvalue weighted by Gasteiger charge is -2.30. The molecule has 1 aromatic heterocycles. The molecular weight excluding hydrogens is 296 g/mol. The van der Waals surface area contributed by atoms with Crippen molar-refractivity contribution < 1.29 is 8.42 Å². The van der Waals surface area contributed by atoms with E-state index in [1.807, 2.05) is 12.3 Å². The fraction of sp³-hybridized carbons (Fsp3) is 0.529. The van der Waals surface area contributed by atoms with E-state index >= 15 is 0 Å². The zero-order valence-electron chi connectivity index (χ0n) is 14.1. The molecule has 4 nitrogen and oxygen atoms in total. The van der Waals surface area contributed by atoms with Crippen LogP contribution in [0.4, 0.5) is 0 Å². The average Bonchev–Trinajstić information content (AvgIpc) is 2.79. The highest BCUT2D eigenvalue weighted by atomic mass is 32.2. The molecule has 22 heavy (non-hydrogen) atoms. The molecule has 0 radical (unpaired) electrons. The van der Waals surface area contributed by atoms with E-state index in [1.165, 1.54) is 11.8 Å². The summed E-state index contributed by atoms with van der Waals surface area (Å²) in [6, 6.07) is 6.28. The largest absolute Gasteiger partial charge is 0.361 e. The molecule has 122 valence electrons. The average molecular weight is 322 g/mol. The highest BCUT2D eigenvalue weighted by molar-refractivity contribution is 7.90. The third-order valence-corrected chi connectivity index (χ3v) is 5.24. The molecule has 0 fully saturated rings. The molecule has 1 heterocycles. The van der Waals surface area contributed by atoms with E-state index < -0.39 is 9.84 Å². The van der Waals surface area contributed by atoms with Crippen molar-refractivity contribution in [1.29, 1.82) is 0 Å². The Morgan fingerprint density at radius 3 is 2.32 bits per heavy atom. The van der Waals surface area contributed by atoms with Crippen LogP contribution in [0.3, 0.4) is 0 Å². The first-order chi connectivity index (χ1) is 10.2. The van der Waals surface area contributed by atoms with Crippen LogP contribution < -0.4 is 0 Å². The lowest BCUT2D eigenvalue weighted by Crippen LogP contribution is -2.38. The van der Waals surface area contributed by atoms with Gasteiger partial charge in [-0.05, 0) is 57.9 Å². The third kappa shape index (κ3) is 3.70. The van der Waals surface area contributed by atoms with E-state index in [0.29, 0.717) is 17.0 Å². The van der Waals surface area contributed by atoms with Crippen molar-refractivity contribution in [1.82, 2.24) is 9.88 Å². The summed E-state index contributed by atoms with van der Waals surface area (Å²) in [5, 5.41) is 1.01. The summed E-state index contributed by atoms with van der Waals surface area (Å²) in [7, 11) is -3.17. The van der Waals surface area contributed by atoms with E-state index in [9.17, 15) is 8.42 Å². The van der Waals surface area contributed by atoms with Crippen molar-refractivity contribution in [2.75, 3.05) is 12.8 Å². The Balaban J connectivity index is 2.28. The molecule has 2 aromatic rings. The second-order valence-corrected chi connectivity index (χ2v) is 8.48. The number of benzene rings is 1. The summed E-state index contributed by atoms with van der Waals surface area (Å²) in [6.45, 7) is 9.79. The Hall–Kier alpha value is -1.33. The van der Waals surface area contributed by atoms with E-state index in [-0.39, 0.29) is 0 Å². The SMILES string of the molecule is CC(C)N(CCc1c[nH]c2ccc(S(C)(=O)=O)cc12)C(C)C. The number of hydrogen-bond donors (Lipinski definition) is 1. The normalized spacial score (nSPS) is 12.9. The van der Waals surface area contributed by atoms with Gasteiger partial charge < -0.3 is 4.98 Å². The minimum absolute atomic E-state index is 0.380. The summed E-state index contributed by atoms with van der Waals surface area (Å²) in [5.74, 6) is 0. The predicted octanol–water partition coefficient (Wildman–Crippen LogP) is 3.23. The summed E-state index contributed by atoms with van der Waals surface area (Å²) in [5.41, 5.74) is 2.16. The molecule has 2 rings (SSSR count). The van der Waals surface area contributed by atoms with Gasteiger partial charge in [0.1, 0.15) is 0 Å². The number of H-pyrrole nitrogens is 1. The summed E-state index contributed by atoms with van der Waals surface area (Å²) in [4.78, 5) is 6.06. The fourth-order valence-corrected chi connectivity index (χ4v) is 3.60. The molecule has 0 saturated heterocycles. The number of rotatable bonds is 6. The second kappa shape index (κ2) is 6.42. The molecule has 0 saturated carbocycles. The number of aromatic amines is 1. The number of fused-ring (bicyclic) bond motifs is 1. The predicted molar refractivity (Wildman–Crippen MR) is 92.1 cm³/mol. The Morgan fingerprint density at radius 1 is 1.14 bits per heavy atom. The van der Waals surface area contributed by atoms with Crippen LogP contribution in [0.15, 0.2) is 29.3 Å². The number of nitrogens with one attached hydrogen (secondary N) is 1. The highest BCUT2D eigenvalue weighted by Gasteiger charge is 2.15. The third-order valence-electron chi connectivity index (χ3n) is 4.13. The molecular formula is C17H26N2O2S. The molecule has 5 heteroatoms. The second-order valence-electron chi connectivity index (χ2n) is 6.47. The summed E-state index contributed by atoms with van der Waals surface area (Å²) >= 11 is 0. The van der Waals surface area contributed by atoms with Gasteiger partial charge >= 0.3 is 0 Å². The van der Waals surface area contributed by atoms with Gasteiger partial charge in [0.05, 0.1) is 4.90 Å². The van der Waals surface area contributed by atoms with Gasteiger partial charge in [-0.3, -0.25) is 4.90 Å². The molecule has 0 spiro atoms. The number of sulfone groups is 1. The minimum Gasteiger partial charge on any atom is -0.361 e. The molecule has 1 N–H and O–H groups in total. The molecule has 0 aliphatic carbocycles. The first-order valence-corrected chi connectivity index (χ1v) is 9.65. The van der Waals surface area contributed by atoms with E-state index in [0.717, 1.165) is 23.9 Å². The molecule has 0 atom stereocenters. The highest BCUT2D eigenvalue weighted by Crippen LogP contribution is 2.23. The maximum absolute atomic E-state index is 11.7. The van der Waals surface area contributed by atoms with Crippen LogP contribution in [-0.2, 0) is 16.3 Å². The number of hydrogen-bond acceptors (Lipinski definition) is 3. The van der Waals surface area contributed by atoms with Gasteiger partial charge in [-0.25, -0.2) is 8.42 Å².